The van der Waals surface area contributed by atoms with Crippen molar-refractivity contribution in [2.75, 3.05) is 0 Å². The maximum atomic E-state index is 2.63. The third kappa shape index (κ3) is 3.49. The summed E-state index contributed by atoms with van der Waals surface area (Å²) in [7, 11) is 0. The summed E-state index contributed by atoms with van der Waals surface area (Å²) in [6, 6.07) is 50.0. The van der Waals surface area contributed by atoms with Crippen molar-refractivity contribution < 1.29 is 0 Å². The average molecular weight is 643 g/mol. The topological polar surface area (TPSA) is 9.86 Å². The van der Waals surface area contributed by atoms with Gasteiger partial charge in [0.15, 0.2) is 0 Å². The van der Waals surface area contributed by atoms with E-state index in [-0.39, 0.29) is 10.8 Å². The van der Waals surface area contributed by atoms with Crippen LogP contribution in [0.5, 0.6) is 0 Å². The molecule has 2 heterocycles. The lowest BCUT2D eigenvalue weighted by molar-refractivity contribution is 0.421. The minimum Gasteiger partial charge on any atom is -0.310 e. The van der Waals surface area contributed by atoms with Crippen LogP contribution in [0.4, 0.5) is 0 Å². The first-order valence-electron chi connectivity index (χ1n) is 18.0. The first-order valence-corrected chi connectivity index (χ1v) is 18.0. The molecule has 240 valence electrons. The van der Waals surface area contributed by atoms with E-state index in [0.29, 0.717) is 11.8 Å². The molecule has 2 unspecified atom stereocenters. The number of para-hydroxylation sites is 2. The lowest BCUT2D eigenvalue weighted by Gasteiger charge is -2.29. The fraction of sp³-hybridized carbons (Fsp3) is 0.167. The van der Waals surface area contributed by atoms with Crippen LogP contribution >= 0.6 is 0 Å². The predicted octanol–water partition coefficient (Wildman–Crippen LogP) is 10.3. The first-order chi connectivity index (χ1) is 24.3. The molecule has 0 spiro atoms. The molecule has 3 aliphatic rings. The molecule has 2 aromatic heterocycles. The fourth-order valence-corrected chi connectivity index (χ4v) is 10.1. The molecule has 0 aliphatic heterocycles. The quantitative estimate of drug-likeness (QED) is 0.178. The fourth-order valence-electron chi connectivity index (χ4n) is 10.1. The minimum absolute atomic E-state index is 0.0342. The Hall–Kier alpha value is -5.60. The van der Waals surface area contributed by atoms with E-state index >= 15 is 0 Å². The van der Waals surface area contributed by atoms with E-state index in [1.165, 1.54) is 88.0 Å². The van der Waals surface area contributed by atoms with Gasteiger partial charge in [-0.15, -0.1) is 0 Å². The van der Waals surface area contributed by atoms with E-state index in [0.717, 1.165) is 0 Å². The number of benzene rings is 6. The Morgan fingerprint density at radius 1 is 0.480 bits per heavy atom. The van der Waals surface area contributed by atoms with E-state index < -0.39 is 0 Å². The molecule has 8 aromatic rings. The summed E-state index contributed by atoms with van der Waals surface area (Å²) < 4.78 is 5.00. The molecule has 0 bridgehead atoms. The van der Waals surface area contributed by atoms with Gasteiger partial charge in [0.1, 0.15) is 0 Å². The van der Waals surface area contributed by atoms with E-state index in [9.17, 15) is 0 Å². The van der Waals surface area contributed by atoms with Gasteiger partial charge in [0.05, 0.1) is 21.9 Å². The number of hydrogen-bond acceptors (Lipinski definition) is 0. The number of rotatable bonds is 2. The van der Waals surface area contributed by atoms with Gasteiger partial charge in [-0.3, -0.25) is 0 Å². The number of aromatic nitrogens is 2. The Kier molecular flexibility index (Phi) is 5.40. The van der Waals surface area contributed by atoms with E-state index in [1.54, 1.807) is 0 Å². The smallest absolute Gasteiger partial charge is 0.0544 e. The van der Waals surface area contributed by atoms with Crippen molar-refractivity contribution in [3.05, 3.63) is 166 Å². The van der Waals surface area contributed by atoms with Crippen LogP contribution in [0.3, 0.4) is 0 Å². The van der Waals surface area contributed by atoms with Crippen LogP contribution in [0, 0.1) is 5.92 Å². The zero-order chi connectivity index (χ0) is 33.5. The molecule has 0 saturated heterocycles. The van der Waals surface area contributed by atoms with Gasteiger partial charge >= 0.3 is 0 Å². The molecule has 0 fully saturated rings. The van der Waals surface area contributed by atoms with Gasteiger partial charge in [0.2, 0.25) is 0 Å². The summed E-state index contributed by atoms with van der Waals surface area (Å²) in [5, 5.41) is 6.58. The van der Waals surface area contributed by atoms with Gasteiger partial charge < -0.3 is 9.13 Å². The molecule has 50 heavy (non-hydrogen) atoms. The minimum atomic E-state index is -0.0757. The normalized spacial score (nSPS) is 19.0. The largest absolute Gasteiger partial charge is 0.310 e. The predicted molar refractivity (Wildman–Crippen MR) is 209 cm³/mol. The van der Waals surface area contributed by atoms with Gasteiger partial charge in [-0.05, 0) is 93.2 Å². The molecular formula is C48H38N2. The van der Waals surface area contributed by atoms with Crippen LogP contribution < -0.4 is 10.6 Å². The second-order valence-electron chi connectivity index (χ2n) is 15.8. The van der Waals surface area contributed by atoms with Gasteiger partial charge in [0, 0.05) is 44.1 Å². The summed E-state index contributed by atoms with van der Waals surface area (Å²) >= 11 is 0. The van der Waals surface area contributed by atoms with Crippen molar-refractivity contribution in [2.24, 2.45) is 5.92 Å². The first kappa shape index (κ1) is 28.3. The highest BCUT2D eigenvalue weighted by molar-refractivity contribution is 6.10. The highest BCUT2D eigenvalue weighted by Gasteiger charge is 2.45. The zero-order valence-corrected chi connectivity index (χ0v) is 28.9. The molecule has 2 nitrogen and oxygen atoms in total. The standard InChI is InChI=1S/C48H38N2/c1-47(2)39-19-11-8-16-31(39)34-25-37-38-26-35-32-17-9-12-20-40(32)48(3,4)42(35)28-46(38)50(45(37)27-41(34)47)30-22-23-44-36(24-30)33-18-10-13-21-43(33)49(44)29-14-6-5-7-15-29/h5-28,34,41H,1-4H3. The van der Waals surface area contributed by atoms with Gasteiger partial charge in [-0.1, -0.05) is 125 Å². The van der Waals surface area contributed by atoms with Crippen molar-refractivity contribution in [3.63, 3.8) is 0 Å². The molecule has 0 radical (unpaired) electrons. The Balaban J connectivity index is 1.25. The third-order valence-corrected chi connectivity index (χ3v) is 12.6. The molecule has 2 heteroatoms. The van der Waals surface area contributed by atoms with E-state index in [4.69, 9.17) is 0 Å². The Morgan fingerprint density at radius 3 is 2.06 bits per heavy atom. The molecule has 0 saturated carbocycles. The SMILES string of the molecule is CC1(C)c2ccccc2-c2cc3c4c(n(-c5ccc6c(c5)c5ccccc5n6-c5ccccc5)c3cc21)=CC1C(C=4)c2ccccc2C1(C)C. The molecule has 2 atom stereocenters. The second kappa shape index (κ2) is 9.55. The van der Waals surface area contributed by atoms with Crippen LogP contribution in [-0.4, -0.2) is 9.13 Å². The summed E-state index contributed by atoms with van der Waals surface area (Å²) in [6.07, 6.45) is 5.24. The molecule has 11 rings (SSSR count). The highest BCUT2D eigenvalue weighted by atomic mass is 15.0. The van der Waals surface area contributed by atoms with Crippen molar-refractivity contribution in [3.8, 4) is 22.5 Å². The van der Waals surface area contributed by atoms with Crippen molar-refractivity contribution in [1.29, 1.82) is 0 Å². The van der Waals surface area contributed by atoms with Crippen LogP contribution in [0.1, 0.15) is 55.9 Å². The molecule has 6 aromatic carbocycles. The molecule has 0 N–H and O–H groups in total. The van der Waals surface area contributed by atoms with Gasteiger partial charge in [-0.2, -0.15) is 0 Å². The van der Waals surface area contributed by atoms with E-state index in [1.807, 2.05) is 0 Å². The summed E-state index contributed by atoms with van der Waals surface area (Å²) in [5.74, 6) is 0.735. The highest BCUT2D eigenvalue weighted by Crippen LogP contribution is 2.53. The molecule has 0 amide bonds. The summed E-state index contributed by atoms with van der Waals surface area (Å²) in [5.41, 5.74) is 14.6. The molecule has 3 aliphatic carbocycles. The van der Waals surface area contributed by atoms with Crippen LogP contribution in [0.15, 0.2) is 133 Å². The van der Waals surface area contributed by atoms with Crippen molar-refractivity contribution in [1.82, 2.24) is 9.13 Å². The molecular weight excluding hydrogens is 605 g/mol. The van der Waals surface area contributed by atoms with Crippen molar-refractivity contribution in [2.45, 2.75) is 44.4 Å². The van der Waals surface area contributed by atoms with E-state index in [2.05, 4.69) is 182 Å². The Morgan fingerprint density at radius 2 is 1.20 bits per heavy atom. The lowest BCUT2D eigenvalue weighted by atomic mass is 9.74. The van der Waals surface area contributed by atoms with Crippen LogP contribution in [0.25, 0.3) is 67.4 Å². The summed E-state index contributed by atoms with van der Waals surface area (Å²) in [6.45, 7) is 9.67. The average Bonchev–Trinajstić information content (AvgIpc) is 3.79. The third-order valence-electron chi connectivity index (χ3n) is 12.6. The van der Waals surface area contributed by atoms with Crippen molar-refractivity contribution >= 4 is 44.9 Å². The second-order valence-corrected chi connectivity index (χ2v) is 15.8. The Bertz CT molecular complexity index is 2880. The maximum Gasteiger partial charge on any atom is 0.0544 e. The maximum absolute atomic E-state index is 2.63. The number of nitrogens with zero attached hydrogens (tertiary/aromatic N) is 2. The zero-order valence-electron chi connectivity index (χ0n) is 28.9. The lowest BCUT2D eigenvalue weighted by Crippen LogP contribution is -2.37. The number of fused-ring (bicyclic) bond motifs is 12. The van der Waals surface area contributed by atoms with Crippen LogP contribution in [-0.2, 0) is 10.8 Å². The van der Waals surface area contributed by atoms with Gasteiger partial charge in [0.25, 0.3) is 0 Å². The number of hydrogen-bond donors (Lipinski definition) is 0. The Labute approximate surface area is 292 Å². The van der Waals surface area contributed by atoms with Crippen LogP contribution in [0.2, 0.25) is 0 Å². The van der Waals surface area contributed by atoms with Gasteiger partial charge in [-0.25, -0.2) is 0 Å². The monoisotopic (exact) mass is 642 g/mol. The summed E-state index contributed by atoms with van der Waals surface area (Å²) in [4.78, 5) is 0.